The zero-order valence-corrected chi connectivity index (χ0v) is 6.14. The van der Waals surface area contributed by atoms with Gasteiger partial charge in [-0.1, -0.05) is 0 Å². The van der Waals surface area contributed by atoms with E-state index in [2.05, 4.69) is 0 Å². The van der Waals surface area contributed by atoms with Crippen molar-refractivity contribution in [2.45, 2.75) is 0 Å². The second-order valence-corrected chi connectivity index (χ2v) is 0.250. The average Bonchev–Trinajstić information content (AvgIpc) is 0.811. The zero-order valence-electron chi connectivity index (χ0n) is 2.95. The quantitative estimate of drug-likeness (QED) is 0.400. The molecule has 39 valence electrons. The van der Waals surface area contributed by atoms with Gasteiger partial charge in [-0.15, -0.1) is 0 Å². The minimum absolute atomic E-state index is 0. The van der Waals surface area contributed by atoms with Crippen molar-refractivity contribution in [2.24, 2.45) is 0 Å². The number of hydrogen-bond acceptors (Lipinski definition) is 3. The van der Waals surface area contributed by atoms with E-state index in [9.17, 15) is 0 Å². The van der Waals surface area contributed by atoms with Crippen LogP contribution < -0.4 is 10.2 Å². The molecule has 0 aliphatic heterocycles. The van der Waals surface area contributed by atoms with E-state index < -0.39 is 6.16 Å². The summed E-state index contributed by atoms with van der Waals surface area (Å²) in [5, 5.41) is 16.7. The Morgan fingerprint density at radius 1 is 1.29 bits per heavy atom. The van der Waals surface area contributed by atoms with Crippen molar-refractivity contribution in [3.05, 3.63) is 0 Å². The molecule has 0 amide bonds. The van der Waals surface area contributed by atoms with Gasteiger partial charge in [0.05, 0.1) is 0 Å². The van der Waals surface area contributed by atoms with Gasteiger partial charge in [-0.05, 0) is 6.16 Å². The van der Waals surface area contributed by atoms with Gasteiger partial charge in [0.2, 0.25) is 0 Å². The van der Waals surface area contributed by atoms with Crippen LogP contribution in [0.25, 0.3) is 0 Å². The maximum atomic E-state index is 8.33. The Hall–Kier alpha value is 0.802. The van der Waals surface area contributed by atoms with Crippen LogP contribution in [0.1, 0.15) is 0 Å². The second kappa shape index (κ2) is 15.8. The molecule has 0 heterocycles. The molecule has 0 aromatic heterocycles. The van der Waals surface area contributed by atoms with Crippen LogP contribution in [0.15, 0.2) is 0 Å². The molecule has 0 aliphatic carbocycles. The van der Waals surface area contributed by atoms with Crippen LogP contribution in [0.5, 0.6) is 0 Å². The molecule has 0 aromatic rings. The van der Waals surface area contributed by atoms with E-state index in [1.807, 2.05) is 0 Å². The van der Waals surface area contributed by atoms with E-state index in [4.69, 9.17) is 15.0 Å². The van der Waals surface area contributed by atoms with Crippen LogP contribution in [0.4, 0.5) is 4.79 Å². The first-order valence-corrected chi connectivity index (χ1v) is 0.612. The molecule has 3 nitrogen and oxygen atoms in total. The van der Waals surface area contributed by atoms with Gasteiger partial charge in [0, 0.05) is 0 Å². The van der Waals surface area contributed by atoms with Gasteiger partial charge in [0.15, 0.2) is 0 Å². The summed E-state index contributed by atoms with van der Waals surface area (Å²) in [6.45, 7) is 0. The van der Waals surface area contributed by atoms with Gasteiger partial charge >= 0.3 is 50.6 Å². The largest absolute Gasteiger partial charge is 3.00 e. The number of hydrogen-bond donors (Lipinski definition) is 0. The Labute approximate surface area is 71.7 Å². The fourth-order valence-electron chi connectivity index (χ4n) is 0. The van der Waals surface area contributed by atoms with Gasteiger partial charge in [0.1, 0.15) is 0 Å². The van der Waals surface area contributed by atoms with Gasteiger partial charge in [0.25, 0.3) is 0 Å². The first-order chi connectivity index (χ1) is 1.73. The maximum absolute atomic E-state index is 8.33. The molecule has 0 aromatic carbocycles. The SMILES string of the molecule is O=C([O-])[O-].[Al+3].[Co+2].[Ni+2]. The summed E-state index contributed by atoms with van der Waals surface area (Å²) in [7, 11) is 0. The van der Waals surface area contributed by atoms with E-state index in [-0.39, 0.29) is 50.6 Å². The van der Waals surface area contributed by atoms with Crippen LogP contribution in [0.3, 0.4) is 0 Å². The Bertz CT molecular complexity index is 37.9. The van der Waals surface area contributed by atoms with E-state index in [1.165, 1.54) is 0 Å². The Morgan fingerprint density at radius 3 is 1.29 bits per heavy atom. The molecular formula is CAlCoNiO3+5. The number of carbonyl (C=O) groups is 1. The van der Waals surface area contributed by atoms with Crippen molar-refractivity contribution in [1.29, 1.82) is 0 Å². The third-order valence-electron chi connectivity index (χ3n) is 0. The molecule has 0 N–H and O–H groups in total. The summed E-state index contributed by atoms with van der Waals surface area (Å²) in [5.74, 6) is 0. The maximum Gasteiger partial charge on any atom is 3.00 e. The van der Waals surface area contributed by atoms with Gasteiger partial charge in [-0.2, -0.15) is 0 Å². The van der Waals surface area contributed by atoms with E-state index in [0.29, 0.717) is 0 Å². The summed E-state index contributed by atoms with van der Waals surface area (Å²) < 4.78 is 0. The minimum atomic E-state index is -2.33. The molecular weight excluding hydrogens is 205 g/mol. The Balaban J connectivity index is -0.0000000150. The third kappa shape index (κ3) is 244. The van der Waals surface area contributed by atoms with Crippen LogP contribution >= 0.6 is 0 Å². The van der Waals surface area contributed by atoms with Crippen molar-refractivity contribution < 1.29 is 48.3 Å². The molecule has 0 saturated carbocycles. The summed E-state index contributed by atoms with van der Waals surface area (Å²) >= 11 is 0. The van der Waals surface area contributed by atoms with Crippen LogP contribution in [-0.2, 0) is 33.3 Å². The molecule has 0 saturated heterocycles. The molecule has 0 bridgehead atoms. The summed E-state index contributed by atoms with van der Waals surface area (Å²) in [6.07, 6.45) is -2.33. The molecule has 7 heavy (non-hydrogen) atoms. The van der Waals surface area contributed by atoms with E-state index >= 15 is 0 Å². The topological polar surface area (TPSA) is 63.2 Å². The fourth-order valence-corrected chi connectivity index (χ4v) is 0. The van der Waals surface area contributed by atoms with Gasteiger partial charge in [-0.3, -0.25) is 0 Å². The number of carbonyl (C=O) groups excluding carboxylic acids is 1. The standard InChI is InChI=1S/CH2O3.Al.Co.Ni/c2-1(3)4;;;/h(H2,2,3,4);;;/q;+3;2*+2/p-2. The molecule has 1 radical (unpaired) electrons. The number of rotatable bonds is 0. The van der Waals surface area contributed by atoms with Gasteiger partial charge in [-0.25, -0.2) is 0 Å². The second-order valence-electron chi connectivity index (χ2n) is 0.250. The van der Waals surface area contributed by atoms with E-state index in [1.54, 1.807) is 0 Å². The van der Waals surface area contributed by atoms with Crippen LogP contribution in [-0.4, -0.2) is 23.5 Å². The molecule has 0 rings (SSSR count). The van der Waals surface area contributed by atoms with Crippen LogP contribution in [0.2, 0.25) is 0 Å². The van der Waals surface area contributed by atoms with Crippen molar-refractivity contribution in [3.63, 3.8) is 0 Å². The third-order valence-corrected chi connectivity index (χ3v) is 0. The molecule has 0 atom stereocenters. The van der Waals surface area contributed by atoms with Crippen molar-refractivity contribution in [2.75, 3.05) is 0 Å². The summed E-state index contributed by atoms with van der Waals surface area (Å²) in [4.78, 5) is 8.33. The predicted octanol–water partition coefficient (Wildman–Crippen LogP) is -2.83. The molecule has 6 heteroatoms. The first kappa shape index (κ1) is 25.0. The summed E-state index contributed by atoms with van der Waals surface area (Å²) in [5.41, 5.74) is 0. The molecule has 0 aliphatic rings. The zero-order chi connectivity index (χ0) is 3.58. The molecule has 0 spiro atoms. The Kier molecular flexibility index (Phi) is 56.5. The van der Waals surface area contributed by atoms with Crippen LogP contribution in [0, 0.1) is 0 Å². The monoisotopic (exact) mass is 204 g/mol. The fraction of sp³-hybridized carbons (Fsp3) is 0. The average molecular weight is 205 g/mol. The number of carboxylic acid groups (broad SMARTS) is 2. The normalized spacial score (nSPS) is 3.43. The van der Waals surface area contributed by atoms with Gasteiger partial charge < -0.3 is 15.0 Å². The summed E-state index contributed by atoms with van der Waals surface area (Å²) in [6, 6.07) is 0. The van der Waals surface area contributed by atoms with Crippen molar-refractivity contribution in [1.82, 2.24) is 0 Å². The van der Waals surface area contributed by atoms with E-state index in [0.717, 1.165) is 0 Å². The van der Waals surface area contributed by atoms with Crippen molar-refractivity contribution >= 4 is 23.5 Å². The minimum Gasteiger partial charge on any atom is -0.652 e. The Morgan fingerprint density at radius 2 is 1.29 bits per heavy atom. The molecule has 0 unspecified atom stereocenters. The van der Waals surface area contributed by atoms with Crippen molar-refractivity contribution in [3.8, 4) is 0 Å². The first-order valence-electron chi connectivity index (χ1n) is 0.612. The molecule has 0 fully saturated rings. The predicted molar refractivity (Wildman–Crippen MR) is 11.1 cm³/mol. The smallest absolute Gasteiger partial charge is 0.652 e.